The van der Waals surface area contributed by atoms with Gasteiger partial charge in [0, 0.05) is 24.7 Å². The molecule has 1 fully saturated rings. The molecule has 3 nitrogen and oxygen atoms in total. The smallest absolute Gasteiger partial charge is 0.127 e. The van der Waals surface area contributed by atoms with E-state index in [0.717, 1.165) is 18.7 Å². The number of hydrogen-bond donors (Lipinski definition) is 1. The van der Waals surface area contributed by atoms with Crippen molar-refractivity contribution in [2.24, 2.45) is 0 Å². The molecule has 1 aliphatic heterocycles. The van der Waals surface area contributed by atoms with Crippen molar-refractivity contribution in [2.75, 3.05) is 26.8 Å². The molecular weight excluding hydrogens is 233 g/mol. The normalized spacial score (nSPS) is 20.0. The molecular formula is C11H15ClFNO2. The lowest BCUT2D eigenvalue weighted by molar-refractivity contribution is 0.0262. The van der Waals surface area contributed by atoms with Crippen LogP contribution in [0.4, 0.5) is 4.39 Å². The van der Waals surface area contributed by atoms with Crippen molar-refractivity contribution in [2.45, 2.75) is 6.10 Å². The van der Waals surface area contributed by atoms with Crippen LogP contribution < -0.4 is 10.1 Å². The van der Waals surface area contributed by atoms with Gasteiger partial charge in [0.15, 0.2) is 0 Å². The summed E-state index contributed by atoms with van der Waals surface area (Å²) in [5.74, 6) is 0.253. The topological polar surface area (TPSA) is 30.5 Å². The second-order valence-corrected chi connectivity index (χ2v) is 3.45. The lowest BCUT2D eigenvalue weighted by Gasteiger charge is -2.25. The summed E-state index contributed by atoms with van der Waals surface area (Å²) in [6, 6.07) is 4.52. The third-order valence-corrected chi connectivity index (χ3v) is 2.47. The van der Waals surface area contributed by atoms with Crippen molar-refractivity contribution in [3.63, 3.8) is 0 Å². The minimum Gasteiger partial charge on any atom is -0.496 e. The van der Waals surface area contributed by atoms with E-state index in [1.165, 1.54) is 19.2 Å². The SMILES string of the molecule is COc1cc(F)ccc1C1CNCCO1.Cl. The van der Waals surface area contributed by atoms with Gasteiger partial charge >= 0.3 is 0 Å². The molecule has 1 saturated heterocycles. The Balaban J connectivity index is 0.00000128. The van der Waals surface area contributed by atoms with Gasteiger partial charge < -0.3 is 14.8 Å². The first-order valence-electron chi connectivity index (χ1n) is 4.97. The maximum atomic E-state index is 13.0. The van der Waals surface area contributed by atoms with E-state index in [1.807, 2.05) is 0 Å². The number of benzene rings is 1. The fourth-order valence-corrected chi connectivity index (χ4v) is 1.72. The summed E-state index contributed by atoms with van der Waals surface area (Å²) >= 11 is 0. The van der Waals surface area contributed by atoms with Gasteiger partial charge in [-0.15, -0.1) is 12.4 Å². The van der Waals surface area contributed by atoms with Crippen molar-refractivity contribution in [1.82, 2.24) is 5.32 Å². The first-order chi connectivity index (χ1) is 7.31. The highest BCUT2D eigenvalue weighted by molar-refractivity contribution is 5.85. The number of methoxy groups -OCH3 is 1. The summed E-state index contributed by atoms with van der Waals surface area (Å²) in [6.07, 6.45) is -0.0469. The molecule has 0 aromatic heterocycles. The lowest BCUT2D eigenvalue weighted by Crippen LogP contribution is -2.33. The zero-order valence-corrected chi connectivity index (χ0v) is 9.85. The summed E-state index contributed by atoms with van der Waals surface area (Å²) in [5.41, 5.74) is 0.895. The quantitative estimate of drug-likeness (QED) is 0.866. The minimum atomic E-state index is -0.292. The molecule has 1 N–H and O–H groups in total. The second kappa shape index (κ2) is 6.03. The molecule has 1 heterocycles. The molecule has 1 aromatic rings. The molecule has 0 radical (unpaired) electrons. The monoisotopic (exact) mass is 247 g/mol. The van der Waals surface area contributed by atoms with Crippen molar-refractivity contribution < 1.29 is 13.9 Å². The van der Waals surface area contributed by atoms with E-state index in [9.17, 15) is 4.39 Å². The average Bonchev–Trinajstić information content (AvgIpc) is 2.30. The predicted molar refractivity (Wildman–Crippen MR) is 61.8 cm³/mol. The summed E-state index contributed by atoms with van der Waals surface area (Å²) in [4.78, 5) is 0. The van der Waals surface area contributed by atoms with E-state index >= 15 is 0 Å². The van der Waals surface area contributed by atoms with Crippen LogP contribution in [0.2, 0.25) is 0 Å². The van der Waals surface area contributed by atoms with Crippen LogP contribution in [-0.2, 0) is 4.74 Å². The van der Waals surface area contributed by atoms with Crippen molar-refractivity contribution >= 4 is 12.4 Å². The van der Waals surface area contributed by atoms with Gasteiger partial charge in [-0.25, -0.2) is 4.39 Å². The van der Waals surface area contributed by atoms with E-state index in [2.05, 4.69) is 5.32 Å². The highest BCUT2D eigenvalue weighted by atomic mass is 35.5. The second-order valence-electron chi connectivity index (χ2n) is 3.45. The highest BCUT2D eigenvalue weighted by Crippen LogP contribution is 2.28. The third kappa shape index (κ3) is 2.84. The first kappa shape index (κ1) is 13.2. The van der Waals surface area contributed by atoms with Crippen LogP contribution in [0.5, 0.6) is 5.75 Å². The molecule has 5 heteroatoms. The van der Waals surface area contributed by atoms with Crippen LogP contribution in [0.3, 0.4) is 0 Å². The molecule has 2 rings (SSSR count). The van der Waals surface area contributed by atoms with Crippen LogP contribution in [0.15, 0.2) is 18.2 Å². The Kier molecular flexibility index (Phi) is 4.99. The molecule has 0 amide bonds. The largest absolute Gasteiger partial charge is 0.496 e. The lowest BCUT2D eigenvalue weighted by atomic mass is 10.1. The van der Waals surface area contributed by atoms with Crippen LogP contribution in [0.25, 0.3) is 0 Å². The number of hydrogen-bond acceptors (Lipinski definition) is 3. The average molecular weight is 248 g/mol. The van der Waals surface area contributed by atoms with Crippen molar-refractivity contribution in [1.29, 1.82) is 0 Å². The molecule has 16 heavy (non-hydrogen) atoms. The summed E-state index contributed by atoms with van der Waals surface area (Å²) in [6.45, 7) is 2.27. The zero-order valence-electron chi connectivity index (χ0n) is 9.03. The predicted octanol–water partition coefficient (Wildman–Crippen LogP) is 1.92. The van der Waals surface area contributed by atoms with Crippen LogP contribution >= 0.6 is 12.4 Å². The molecule has 1 atom stereocenters. The Hall–Kier alpha value is -0.840. The molecule has 1 aromatic carbocycles. The van der Waals surface area contributed by atoms with E-state index in [4.69, 9.17) is 9.47 Å². The van der Waals surface area contributed by atoms with Gasteiger partial charge in [0.25, 0.3) is 0 Å². The Morgan fingerprint density at radius 2 is 2.31 bits per heavy atom. The van der Waals surface area contributed by atoms with Crippen molar-refractivity contribution in [3.05, 3.63) is 29.6 Å². The minimum absolute atomic E-state index is 0. The van der Waals surface area contributed by atoms with Crippen LogP contribution in [-0.4, -0.2) is 26.8 Å². The standard InChI is InChI=1S/C11H14FNO2.ClH/c1-14-10-6-8(12)2-3-9(10)11-7-13-4-5-15-11;/h2-3,6,11,13H,4-5,7H2,1H3;1H. The Morgan fingerprint density at radius 3 is 2.94 bits per heavy atom. The van der Waals surface area contributed by atoms with Gasteiger partial charge in [-0.2, -0.15) is 0 Å². The number of morpholine rings is 1. The number of rotatable bonds is 2. The maximum absolute atomic E-state index is 13.0. The fourth-order valence-electron chi connectivity index (χ4n) is 1.72. The maximum Gasteiger partial charge on any atom is 0.127 e. The summed E-state index contributed by atoms with van der Waals surface area (Å²) in [5, 5.41) is 3.22. The van der Waals surface area contributed by atoms with Gasteiger partial charge in [0.05, 0.1) is 19.8 Å². The van der Waals surface area contributed by atoms with E-state index in [-0.39, 0.29) is 24.3 Å². The van der Waals surface area contributed by atoms with Gasteiger partial charge in [0.1, 0.15) is 11.6 Å². The van der Waals surface area contributed by atoms with Gasteiger partial charge in [0.2, 0.25) is 0 Å². The summed E-state index contributed by atoms with van der Waals surface area (Å²) in [7, 11) is 1.54. The van der Waals surface area contributed by atoms with E-state index < -0.39 is 0 Å². The molecule has 90 valence electrons. The molecule has 1 unspecified atom stereocenters. The summed E-state index contributed by atoms with van der Waals surface area (Å²) < 4.78 is 23.7. The van der Waals surface area contributed by atoms with Gasteiger partial charge in [-0.3, -0.25) is 0 Å². The van der Waals surface area contributed by atoms with E-state index in [0.29, 0.717) is 12.4 Å². The van der Waals surface area contributed by atoms with E-state index in [1.54, 1.807) is 6.07 Å². The van der Waals surface area contributed by atoms with Crippen LogP contribution in [0.1, 0.15) is 11.7 Å². The number of halogens is 2. The Bertz CT molecular complexity index is 343. The number of ether oxygens (including phenoxy) is 2. The van der Waals surface area contributed by atoms with Crippen molar-refractivity contribution in [3.8, 4) is 5.75 Å². The van der Waals surface area contributed by atoms with Gasteiger partial charge in [-0.05, 0) is 12.1 Å². The number of nitrogens with one attached hydrogen (secondary N) is 1. The molecule has 0 spiro atoms. The Morgan fingerprint density at radius 1 is 1.50 bits per heavy atom. The molecule has 0 bridgehead atoms. The van der Waals surface area contributed by atoms with Gasteiger partial charge in [-0.1, -0.05) is 0 Å². The fraction of sp³-hybridized carbons (Fsp3) is 0.455. The first-order valence-corrected chi connectivity index (χ1v) is 4.97. The zero-order chi connectivity index (χ0) is 10.7. The molecule has 1 aliphatic rings. The van der Waals surface area contributed by atoms with Crippen LogP contribution in [0, 0.1) is 5.82 Å². The Labute approximate surface area is 100 Å². The highest BCUT2D eigenvalue weighted by Gasteiger charge is 2.19. The third-order valence-electron chi connectivity index (χ3n) is 2.47. The molecule has 0 aliphatic carbocycles. The molecule has 0 saturated carbocycles.